The lowest BCUT2D eigenvalue weighted by Gasteiger charge is -2.33. The van der Waals surface area contributed by atoms with Gasteiger partial charge in [0.05, 0.1) is 65.2 Å². The van der Waals surface area contributed by atoms with Crippen molar-refractivity contribution in [3.63, 3.8) is 0 Å². The molecule has 3 aliphatic heterocycles. The number of methoxy groups -OCH3 is 1. The average Bonchev–Trinajstić information content (AvgIpc) is 4.11. The lowest BCUT2D eigenvalue weighted by molar-refractivity contribution is -0.141. The fourth-order valence-corrected chi connectivity index (χ4v) is 9.69. The van der Waals surface area contributed by atoms with Crippen molar-refractivity contribution in [2.75, 3.05) is 25.1 Å². The second kappa shape index (κ2) is 17.6. The summed E-state index contributed by atoms with van der Waals surface area (Å²) in [5, 5.41) is 14.5. The third-order valence-electron chi connectivity index (χ3n) is 12.8. The summed E-state index contributed by atoms with van der Waals surface area (Å²) in [6.45, 7) is 8.28. The van der Waals surface area contributed by atoms with E-state index in [1.165, 1.54) is 19.4 Å². The van der Waals surface area contributed by atoms with Crippen LogP contribution in [0.5, 0.6) is 0 Å². The molecular formula is C45H53F3N10O6. The number of hydrogen-bond acceptors (Lipinski definition) is 9. The maximum Gasteiger partial charge on any atom is 0.433 e. The Kier molecular flexibility index (Phi) is 12.2. The molecule has 6 atom stereocenters. The summed E-state index contributed by atoms with van der Waals surface area (Å²) >= 11 is 0. The highest BCUT2D eigenvalue weighted by atomic mass is 19.4. The van der Waals surface area contributed by atoms with Crippen molar-refractivity contribution in [1.82, 2.24) is 45.4 Å². The van der Waals surface area contributed by atoms with Crippen molar-refractivity contribution in [1.29, 1.82) is 0 Å². The molecule has 4 amide bonds. The summed E-state index contributed by atoms with van der Waals surface area (Å²) in [5.41, 5.74) is 4.22. The second-order valence-corrected chi connectivity index (χ2v) is 17.6. The van der Waals surface area contributed by atoms with Crippen LogP contribution in [0.3, 0.4) is 0 Å². The van der Waals surface area contributed by atoms with Crippen molar-refractivity contribution in [3.8, 4) is 0 Å². The number of carbonyl (C=O) groups excluding carboxylic acids is 3. The molecule has 340 valence electrons. The van der Waals surface area contributed by atoms with Crippen LogP contribution < -0.4 is 15.5 Å². The number of carbonyl (C=O) groups is 4. The molecule has 3 aliphatic rings. The third kappa shape index (κ3) is 8.63. The molecule has 64 heavy (non-hydrogen) atoms. The third-order valence-corrected chi connectivity index (χ3v) is 12.8. The minimum absolute atomic E-state index is 0.184. The Morgan fingerprint density at radius 1 is 0.734 bits per heavy atom. The van der Waals surface area contributed by atoms with Gasteiger partial charge in [0.2, 0.25) is 11.8 Å². The summed E-state index contributed by atoms with van der Waals surface area (Å²) < 4.78 is 45.9. The van der Waals surface area contributed by atoms with Crippen LogP contribution in [0.15, 0.2) is 54.7 Å². The van der Waals surface area contributed by atoms with Gasteiger partial charge in [-0.3, -0.25) is 9.59 Å². The smallest absolute Gasteiger partial charge is 0.433 e. The number of H-pyrrole nitrogens is 2. The fourth-order valence-electron chi connectivity index (χ4n) is 9.69. The van der Waals surface area contributed by atoms with E-state index < -0.39 is 36.1 Å². The first kappa shape index (κ1) is 44.2. The Morgan fingerprint density at radius 2 is 1.23 bits per heavy atom. The first-order valence-corrected chi connectivity index (χ1v) is 21.8. The van der Waals surface area contributed by atoms with E-state index in [2.05, 4.69) is 30.5 Å². The van der Waals surface area contributed by atoms with E-state index in [9.17, 15) is 37.5 Å². The van der Waals surface area contributed by atoms with Gasteiger partial charge in [-0.25, -0.2) is 24.5 Å². The molecule has 0 radical (unpaired) electrons. The number of likely N-dealkylation sites (tertiary alicyclic amines) is 2. The number of ether oxygens (including phenoxy) is 1. The summed E-state index contributed by atoms with van der Waals surface area (Å²) in [6, 6.07) is 11.3. The van der Waals surface area contributed by atoms with Crippen molar-refractivity contribution in [2.45, 2.75) is 109 Å². The van der Waals surface area contributed by atoms with Gasteiger partial charge in [-0.2, -0.15) is 13.2 Å². The van der Waals surface area contributed by atoms with Crippen LogP contribution in [0.2, 0.25) is 0 Å². The summed E-state index contributed by atoms with van der Waals surface area (Å²) in [6.07, 6.45) is -1.12. The van der Waals surface area contributed by atoms with Gasteiger partial charge in [-0.1, -0.05) is 39.8 Å². The molecule has 1 unspecified atom stereocenters. The van der Waals surface area contributed by atoms with Gasteiger partial charge >= 0.3 is 18.4 Å². The van der Waals surface area contributed by atoms with Crippen LogP contribution in [-0.4, -0.2) is 96.1 Å². The lowest BCUT2D eigenvalue weighted by Crippen LogP contribution is -2.51. The molecule has 0 aliphatic carbocycles. The molecule has 3 fully saturated rings. The van der Waals surface area contributed by atoms with Crippen LogP contribution in [0.25, 0.3) is 22.1 Å². The van der Waals surface area contributed by atoms with Crippen LogP contribution in [0.4, 0.5) is 28.4 Å². The maximum absolute atomic E-state index is 13.8. The fraction of sp³-hybridized carbons (Fsp3) is 0.489. The zero-order chi connectivity index (χ0) is 45.6. The van der Waals surface area contributed by atoms with Gasteiger partial charge in [0.15, 0.2) is 0 Å². The molecule has 0 bridgehead atoms. The van der Waals surface area contributed by atoms with Gasteiger partial charge in [0, 0.05) is 13.1 Å². The molecule has 16 nitrogen and oxygen atoms in total. The Morgan fingerprint density at radius 3 is 1.66 bits per heavy atom. The largest absolute Gasteiger partial charge is 0.465 e. The minimum atomic E-state index is -4.61. The number of imidazole rings is 2. The SMILES string of the molecule is COC(=O)N[C@H](C(=O)N1CCC[C@H]1c1nc2ccc(C3CC[C@H](c4ccc5nc([C@@H]6CCCN6C(=O)[C@@H](NC(=O)O)C(C)C)[nH]c5c4)N3c3ccc(C(F)(F)F)nc3)cc2[nH]1)C(C)C. The monoisotopic (exact) mass is 886 g/mol. The Balaban J connectivity index is 1.09. The standard InChI is InChI=1S/C45H53F3N10O6/c1-23(2)37(54-43(61)62)41(59)56-18-6-8-34(56)39-50-28-13-10-25(20-30(28)52-39)32-15-16-33(58(32)27-12-17-36(49-22-27)45(46,47)48)26-11-14-29-31(21-26)53-40(51-29)35-9-7-19-57(35)42(60)38(24(3)4)55-44(63)64-5/h10-14,17,20-24,32-35,37-38,54H,6-9,15-16,18-19H2,1-5H3,(H,50,52)(H,51,53)(H,55,63)(H,61,62)/t32-,33?,34+,35+,37+,38+/m1/s1. The Hall–Kier alpha value is -6.40. The molecule has 0 spiro atoms. The molecular weight excluding hydrogens is 834 g/mol. The predicted octanol–water partition coefficient (Wildman–Crippen LogP) is 7.94. The summed E-state index contributed by atoms with van der Waals surface area (Å²) in [4.78, 5) is 77.1. The van der Waals surface area contributed by atoms with Gasteiger partial charge in [-0.05, 0) is 97.9 Å². The Labute approximate surface area is 367 Å². The highest BCUT2D eigenvalue weighted by molar-refractivity contribution is 5.87. The number of benzene rings is 2. The van der Waals surface area contributed by atoms with Crippen molar-refractivity contribution in [3.05, 3.63) is 83.2 Å². The van der Waals surface area contributed by atoms with Crippen LogP contribution in [0.1, 0.15) is 119 Å². The number of halogens is 3. The highest BCUT2D eigenvalue weighted by Gasteiger charge is 2.41. The zero-order valence-corrected chi connectivity index (χ0v) is 36.3. The number of rotatable bonds is 11. The van der Waals surface area contributed by atoms with E-state index in [0.717, 1.165) is 41.1 Å². The van der Waals surface area contributed by atoms with Gasteiger partial charge < -0.3 is 45.1 Å². The molecule has 5 aromatic rings. The van der Waals surface area contributed by atoms with E-state index >= 15 is 0 Å². The van der Waals surface area contributed by atoms with Crippen LogP contribution >= 0.6 is 0 Å². The summed E-state index contributed by atoms with van der Waals surface area (Å²) in [5.74, 6) is 0.259. The molecule has 6 heterocycles. The number of nitrogens with zero attached hydrogens (tertiary/aromatic N) is 6. The molecule has 19 heteroatoms. The highest BCUT2D eigenvalue weighted by Crippen LogP contribution is 2.48. The normalized spacial score (nSPS) is 21.3. The maximum atomic E-state index is 13.8. The predicted molar refractivity (Wildman–Crippen MR) is 230 cm³/mol. The molecule has 3 saturated heterocycles. The number of fused-ring (bicyclic) bond motifs is 2. The van der Waals surface area contributed by atoms with Crippen molar-refractivity contribution < 1.29 is 42.2 Å². The lowest BCUT2D eigenvalue weighted by atomic mass is 10.0. The molecule has 0 saturated carbocycles. The number of amides is 4. The molecule has 3 aromatic heterocycles. The number of nitrogens with one attached hydrogen (secondary N) is 4. The van der Waals surface area contributed by atoms with Gasteiger partial charge in [-0.15, -0.1) is 0 Å². The van der Waals surface area contributed by atoms with Gasteiger partial charge in [0.25, 0.3) is 0 Å². The topological polar surface area (TPSA) is 202 Å². The van der Waals surface area contributed by atoms with Gasteiger partial charge in [0.1, 0.15) is 29.4 Å². The minimum Gasteiger partial charge on any atom is -0.465 e. The Bertz CT molecular complexity index is 2540. The van der Waals surface area contributed by atoms with E-state index in [1.807, 2.05) is 50.2 Å². The molecule has 2 aromatic carbocycles. The van der Waals surface area contributed by atoms with E-state index in [-0.39, 0.29) is 47.8 Å². The number of carboxylic acid groups (broad SMARTS) is 1. The zero-order valence-electron chi connectivity index (χ0n) is 36.3. The average molecular weight is 887 g/mol. The number of alkyl carbamates (subject to hydrolysis) is 1. The number of aromatic nitrogens is 5. The first-order valence-electron chi connectivity index (χ1n) is 21.8. The van der Waals surface area contributed by atoms with E-state index in [1.54, 1.807) is 23.6 Å². The first-order chi connectivity index (χ1) is 30.5. The van der Waals surface area contributed by atoms with Crippen molar-refractivity contribution >= 4 is 51.8 Å². The molecule has 5 N–H and O–H groups in total. The summed E-state index contributed by atoms with van der Waals surface area (Å²) in [7, 11) is 1.26. The van der Waals surface area contributed by atoms with Crippen molar-refractivity contribution in [2.24, 2.45) is 11.8 Å². The van der Waals surface area contributed by atoms with Crippen LogP contribution in [0, 0.1) is 11.8 Å². The number of hydrogen-bond donors (Lipinski definition) is 5. The molecule has 8 rings (SSSR count). The quantitative estimate of drug-likeness (QED) is 0.0867. The number of anilines is 1. The van der Waals surface area contributed by atoms with E-state index in [0.29, 0.717) is 67.1 Å². The van der Waals surface area contributed by atoms with E-state index in [4.69, 9.17) is 14.7 Å². The number of aromatic amines is 2. The van der Waals surface area contributed by atoms with Crippen LogP contribution in [-0.2, 0) is 20.5 Å². The number of pyridine rings is 1. The second-order valence-electron chi connectivity index (χ2n) is 17.6. The number of alkyl halides is 3.